The standard InChI is InChI=1S/C17H29NO3S/c1-5-8-14(18-21-6-2)17-15(19)10-13(11-16(17)20)9-12(4)22-7-3/h12-13,19H,5-11H2,1-4H3. The van der Waals surface area contributed by atoms with Crippen LogP contribution >= 0.6 is 11.8 Å². The van der Waals surface area contributed by atoms with E-state index in [1.54, 1.807) is 0 Å². The average Bonchev–Trinajstić information content (AvgIpc) is 2.44. The number of rotatable bonds is 9. The van der Waals surface area contributed by atoms with Crippen LogP contribution in [-0.2, 0) is 9.63 Å². The van der Waals surface area contributed by atoms with Gasteiger partial charge in [0.1, 0.15) is 12.4 Å². The number of hydrogen-bond donors (Lipinski definition) is 1. The van der Waals surface area contributed by atoms with Gasteiger partial charge < -0.3 is 9.94 Å². The van der Waals surface area contributed by atoms with E-state index >= 15 is 0 Å². The Morgan fingerprint density at radius 3 is 2.68 bits per heavy atom. The molecule has 0 fully saturated rings. The number of allylic oxidation sites excluding steroid dienone is 2. The van der Waals surface area contributed by atoms with Crippen molar-refractivity contribution in [1.29, 1.82) is 0 Å². The van der Waals surface area contributed by atoms with Crippen LogP contribution in [0.3, 0.4) is 0 Å². The van der Waals surface area contributed by atoms with E-state index in [2.05, 4.69) is 19.0 Å². The van der Waals surface area contributed by atoms with Crippen LogP contribution in [-0.4, -0.2) is 34.2 Å². The predicted molar refractivity (Wildman–Crippen MR) is 93.6 cm³/mol. The molecule has 1 aliphatic carbocycles. The lowest BCUT2D eigenvalue weighted by Gasteiger charge is -2.25. The van der Waals surface area contributed by atoms with E-state index in [9.17, 15) is 9.90 Å². The first-order valence-electron chi connectivity index (χ1n) is 8.29. The number of oxime groups is 1. The lowest BCUT2D eigenvalue weighted by atomic mass is 9.82. The molecule has 1 N–H and O–H groups in total. The lowest BCUT2D eigenvalue weighted by molar-refractivity contribution is -0.116. The van der Waals surface area contributed by atoms with Crippen molar-refractivity contribution in [1.82, 2.24) is 0 Å². The molecule has 0 bridgehead atoms. The van der Waals surface area contributed by atoms with E-state index in [4.69, 9.17) is 4.84 Å². The Labute approximate surface area is 138 Å². The summed E-state index contributed by atoms with van der Waals surface area (Å²) >= 11 is 1.90. The molecule has 4 nitrogen and oxygen atoms in total. The zero-order valence-corrected chi connectivity index (χ0v) is 15.0. The minimum absolute atomic E-state index is 0.00866. The van der Waals surface area contributed by atoms with Crippen LogP contribution in [0.4, 0.5) is 0 Å². The van der Waals surface area contributed by atoms with Crippen molar-refractivity contribution in [2.24, 2.45) is 11.1 Å². The van der Waals surface area contributed by atoms with E-state index in [1.807, 2.05) is 25.6 Å². The molecule has 2 atom stereocenters. The van der Waals surface area contributed by atoms with Crippen LogP contribution in [0.2, 0.25) is 0 Å². The number of carbonyl (C=O) groups is 1. The summed E-state index contributed by atoms with van der Waals surface area (Å²) in [5, 5.41) is 14.9. The fourth-order valence-corrected chi connectivity index (χ4v) is 3.86. The molecular formula is C17H29NO3S. The summed E-state index contributed by atoms with van der Waals surface area (Å²) in [6.45, 7) is 8.67. The third-order valence-electron chi connectivity index (χ3n) is 3.72. The number of thioether (sulfide) groups is 1. The van der Waals surface area contributed by atoms with Gasteiger partial charge in [0.2, 0.25) is 0 Å². The fraction of sp³-hybridized carbons (Fsp3) is 0.765. The molecule has 2 unspecified atom stereocenters. The number of Topliss-reactive ketones (excluding diaryl/α,β-unsaturated/α-hetero) is 1. The van der Waals surface area contributed by atoms with E-state index in [1.165, 1.54) is 0 Å². The number of ketones is 1. The van der Waals surface area contributed by atoms with Crippen LogP contribution in [0.25, 0.3) is 0 Å². The summed E-state index contributed by atoms with van der Waals surface area (Å²) in [7, 11) is 0. The summed E-state index contributed by atoms with van der Waals surface area (Å²) in [5.41, 5.74) is 1.00. The Balaban J connectivity index is 2.85. The van der Waals surface area contributed by atoms with Crippen LogP contribution in [0.1, 0.15) is 59.8 Å². The molecule has 1 rings (SSSR count). The highest BCUT2D eigenvalue weighted by molar-refractivity contribution is 7.99. The molecule has 0 saturated carbocycles. The topological polar surface area (TPSA) is 58.9 Å². The van der Waals surface area contributed by atoms with Gasteiger partial charge in [-0.25, -0.2) is 0 Å². The maximum atomic E-state index is 12.5. The molecular weight excluding hydrogens is 298 g/mol. The summed E-state index contributed by atoms with van der Waals surface area (Å²) in [4.78, 5) is 17.6. The van der Waals surface area contributed by atoms with E-state index in [0.717, 1.165) is 18.6 Å². The van der Waals surface area contributed by atoms with Crippen molar-refractivity contribution in [3.63, 3.8) is 0 Å². The lowest BCUT2D eigenvalue weighted by Crippen LogP contribution is -2.26. The Hall–Kier alpha value is -0.970. The molecule has 0 spiro atoms. The molecule has 22 heavy (non-hydrogen) atoms. The third kappa shape index (κ3) is 5.67. The predicted octanol–water partition coefficient (Wildman–Crippen LogP) is 4.50. The Bertz CT molecular complexity index is 432. The molecule has 0 aliphatic heterocycles. The minimum Gasteiger partial charge on any atom is -0.511 e. The van der Waals surface area contributed by atoms with Gasteiger partial charge in [-0.2, -0.15) is 11.8 Å². The smallest absolute Gasteiger partial charge is 0.168 e. The highest BCUT2D eigenvalue weighted by Crippen LogP contribution is 2.32. The molecule has 0 saturated heterocycles. The second-order valence-corrected chi connectivity index (χ2v) is 7.44. The third-order valence-corrected chi connectivity index (χ3v) is 4.81. The molecule has 126 valence electrons. The summed E-state index contributed by atoms with van der Waals surface area (Å²) < 4.78 is 0. The SMILES string of the molecule is CCCC(=NOCC)C1=C(O)CC(CC(C)SCC)CC1=O. The molecule has 1 aliphatic rings. The van der Waals surface area contributed by atoms with Crippen LogP contribution in [0.5, 0.6) is 0 Å². The van der Waals surface area contributed by atoms with E-state index < -0.39 is 0 Å². The van der Waals surface area contributed by atoms with Crippen molar-refractivity contribution < 1.29 is 14.7 Å². The van der Waals surface area contributed by atoms with Gasteiger partial charge in [0.15, 0.2) is 5.78 Å². The first-order valence-corrected chi connectivity index (χ1v) is 9.34. The summed E-state index contributed by atoms with van der Waals surface area (Å²) in [6, 6.07) is 0. The van der Waals surface area contributed by atoms with Gasteiger partial charge >= 0.3 is 0 Å². The molecule has 0 radical (unpaired) electrons. The van der Waals surface area contributed by atoms with Crippen molar-refractivity contribution in [3.8, 4) is 0 Å². The minimum atomic E-state index is 0.00866. The maximum absolute atomic E-state index is 12.5. The molecule has 5 heteroatoms. The summed E-state index contributed by atoms with van der Waals surface area (Å²) in [6.07, 6.45) is 3.56. The van der Waals surface area contributed by atoms with E-state index in [-0.39, 0.29) is 17.5 Å². The average molecular weight is 327 g/mol. The highest BCUT2D eigenvalue weighted by atomic mass is 32.2. The molecule has 0 aromatic heterocycles. The van der Waals surface area contributed by atoms with Gasteiger partial charge in [-0.1, -0.05) is 32.3 Å². The largest absolute Gasteiger partial charge is 0.511 e. The van der Waals surface area contributed by atoms with Gasteiger partial charge in [-0.3, -0.25) is 4.79 Å². The Morgan fingerprint density at radius 1 is 1.41 bits per heavy atom. The monoisotopic (exact) mass is 327 g/mol. The number of hydrogen-bond acceptors (Lipinski definition) is 5. The maximum Gasteiger partial charge on any atom is 0.168 e. The van der Waals surface area contributed by atoms with Gasteiger partial charge in [0, 0.05) is 18.1 Å². The van der Waals surface area contributed by atoms with Gasteiger partial charge in [0.05, 0.1) is 11.3 Å². The van der Waals surface area contributed by atoms with Crippen LogP contribution < -0.4 is 0 Å². The molecule has 0 amide bonds. The molecule has 0 aromatic carbocycles. The highest BCUT2D eigenvalue weighted by Gasteiger charge is 2.31. The number of nitrogens with zero attached hydrogens (tertiary/aromatic N) is 1. The number of aliphatic hydroxyl groups is 1. The van der Waals surface area contributed by atoms with Crippen LogP contribution in [0, 0.1) is 5.92 Å². The molecule has 0 heterocycles. The van der Waals surface area contributed by atoms with Crippen molar-refractivity contribution in [3.05, 3.63) is 11.3 Å². The zero-order valence-electron chi connectivity index (χ0n) is 14.2. The van der Waals surface area contributed by atoms with Crippen molar-refractivity contribution in [2.75, 3.05) is 12.4 Å². The number of aliphatic hydroxyl groups excluding tert-OH is 1. The van der Waals surface area contributed by atoms with Gasteiger partial charge in [-0.15, -0.1) is 0 Å². The summed E-state index contributed by atoms with van der Waals surface area (Å²) in [5.74, 6) is 1.52. The first kappa shape index (κ1) is 19.1. The second-order valence-electron chi connectivity index (χ2n) is 5.73. The van der Waals surface area contributed by atoms with Crippen molar-refractivity contribution in [2.45, 2.75) is 65.0 Å². The number of carbonyl (C=O) groups excluding carboxylic acids is 1. The Morgan fingerprint density at radius 2 is 2.14 bits per heavy atom. The zero-order chi connectivity index (χ0) is 16.5. The van der Waals surface area contributed by atoms with E-state index in [0.29, 0.717) is 42.4 Å². The van der Waals surface area contributed by atoms with Crippen molar-refractivity contribution >= 4 is 23.3 Å². The first-order chi connectivity index (χ1) is 10.5. The second kappa shape index (κ2) is 9.93. The van der Waals surface area contributed by atoms with Gasteiger partial charge in [0.25, 0.3) is 0 Å². The molecule has 0 aromatic rings. The normalized spacial score (nSPS) is 21.2. The quantitative estimate of drug-likeness (QED) is 0.500. The van der Waals surface area contributed by atoms with Crippen LogP contribution in [0.15, 0.2) is 16.5 Å². The van der Waals surface area contributed by atoms with Gasteiger partial charge in [-0.05, 0) is 31.4 Å². The fourth-order valence-electron chi connectivity index (χ4n) is 2.88. The Kier molecular flexibility index (Phi) is 8.61.